The van der Waals surface area contributed by atoms with E-state index in [1.54, 1.807) is 0 Å². The molecule has 1 aromatic carbocycles. The molecule has 0 heterocycles. The highest BCUT2D eigenvalue weighted by atomic mass is 35.5. The van der Waals surface area contributed by atoms with Gasteiger partial charge in [-0.05, 0) is 36.9 Å². The quantitative estimate of drug-likeness (QED) is 0.751. The van der Waals surface area contributed by atoms with Crippen molar-refractivity contribution < 1.29 is 4.74 Å². The molecule has 84 valence electrons. The normalized spacial score (nSPS) is 10.3. The van der Waals surface area contributed by atoms with Crippen LogP contribution in [0.4, 0.5) is 0 Å². The second kappa shape index (κ2) is 7.85. The number of thioether (sulfide) groups is 1. The second-order valence-electron chi connectivity index (χ2n) is 3.06. The van der Waals surface area contributed by atoms with E-state index in [1.807, 2.05) is 36.0 Å². The Morgan fingerprint density at radius 2 is 2.20 bits per heavy atom. The van der Waals surface area contributed by atoms with Crippen LogP contribution in [0, 0.1) is 0 Å². The van der Waals surface area contributed by atoms with Crippen LogP contribution in [0.1, 0.15) is 6.42 Å². The summed E-state index contributed by atoms with van der Waals surface area (Å²) in [6.07, 6.45) is 1.07. The monoisotopic (exact) mass is 245 g/mol. The molecule has 0 aromatic heterocycles. The molecule has 0 saturated heterocycles. The van der Waals surface area contributed by atoms with Gasteiger partial charge in [-0.1, -0.05) is 17.7 Å². The molecule has 1 aromatic rings. The topological polar surface area (TPSA) is 35.2 Å². The number of nitrogens with two attached hydrogens (primary N) is 1. The maximum Gasteiger partial charge on any atom is 0.120 e. The summed E-state index contributed by atoms with van der Waals surface area (Å²) < 4.78 is 5.53. The standard InChI is InChI=1S/C11H16ClNOS/c12-10-3-1-4-11(9-10)14-6-8-15-7-2-5-13/h1,3-4,9H,2,5-8,13H2. The molecule has 0 unspecified atom stereocenters. The molecule has 1 rings (SSSR count). The first-order valence-electron chi connectivity index (χ1n) is 4.99. The van der Waals surface area contributed by atoms with Gasteiger partial charge in [0, 0.05) is 10.8 Å². The molecule has 0 aliphatic rings. The van der Waals surface area contributed by atoms with Gasteiger partial charge in [0.2, 0.25) is 0 Å². The fourth-order valence-electron chi connectivity index (χ4n) is 1.06. The van der Waals surface area contributed by atoms with Crippen LogP contribution in [0.5, 0.6) is 5.75 Å². The van der Waals surface area contributed by atoms with Crippen molar-refractivity contribution in [1.29, 1.82) is 0 Å². The van der Waals surface area contributed by atoms with Crippen LogP contribution in [0.3, 0.4) is 0 Å². The Bertz CT molecular complexity index is 283. The zero-order valence-corrected chi connectivity index (χ0v) is 10.2. The molecule has 15 heavy (non-hydrogen) atoms. The summed E-state index contributed by atoms with van der Waals surface area (Å²) in [6.45, 7) is 1.48. The maximum absolute atomic E-state index is 5.83. The Kier molecular flexibility index (Phi) is 6.64. The Morgan fingerprint density at radius 1 is 1.33 bits per heavy atom. The first-order valence-corrected chi connectivity index (χ1v) is 6.52. The van der Waals surface area contributed by atoms with Gasteiger partial charge < -0.3 is 10.5 Å². The van der Waals surface area contributed by atoms with Crippen LogP contribution < -0.4 is 10.5 Å². The van der Waals surface area contributed by atoms with Gasteiger partial charge in [0.1, 0.15) is 5.75 Å². The van der Waals surface area contributed by atoms with Crippen molar-refractivity contribution >= 4 is 23.4 Å². The van der Waals surface area contributed by atoms with Gasteiger partial charge in [-0.2, -0.15) is 11.8 Å². The molecular weight excluding hydrogens is 230 g/mol. The Morgan fingerprint density at radius 3 is 2.93 bits per heavy atom. The van der Waals surface area contributed by atoms with Gasteiger partial charge >= 0.3 is 0 Å². The summed E-state index contributed by atoms with van der Waals surface area (Å²) in [5, 5.41) is 0.711. The van der Waals surface area contributed by atoms with Crippen molar-refractivity contribution in [2.45, 2.75) is 6.42 Å². The number of halogens is 1. The number of ether oxygens (including phenoxy) is 1. The van der Waals surface area contributed by atoms with Gasteiger partial charge in [-0.15, -0.1) is 0 Å². The fraction of sp³-hybridized carbons (Fsp3) is 0.455. The van der Waals surface area contributed by atoms with E-state index in [0.717, 1.165) is 36.8 Å². The van der Waals surface area contributed by atoms with E-state index in [2.05, 4.69) is 0 Å². The minimum Gasteiger partial charge on any atom is -0.493 e. The van der Waals surface area contributed by atoms with Gasteiger partial charge in [-0.3, -0.25) is 0 Å². The molecular formula is C11H16ClNOS. The van der Waals surface area contributed by atoms with Gasteiger partial charge in [0.05, 0.1) is 6.61 Å². The van der Waals surface area contributed by atoms with Crippen LogP contribution in [0.2, 0.25) is 5.02 Å². The molecule has 0 spiro atoms. The molecule has 2 nitrogen and oxygen atoms in total. The molecule has 0 atom stereocenters. The highest BCUT2D eigenvalue weighted by Crippen LogP contribution is 2.17. The Labute approximate surface area is 100 Å². The molecule has 2 N–H and O–H groups in total. The van der Waals surface area contributed by atoms with Crippen LogP contribution in [-0.2, 0) is 0 Å². The molecule has 0 aliphatic carbocycles. The first kappa shape index (κ1) is 12.7. The van der Waals surface area contributed by atoms with E-state index >= 15 is 0 Å². The van der Waals surface area contributed by atoms with Crippen LogP contribution in [0.25, 0.3) is 0 Å². The Balaban J connectivity index is 2.10. The van der Waals surface area contributed by atoms with E-state index < -0.39 is 0 Å². The highest BCUT2D eigenvalue weighted by molar-refractivity contribution is 7.99. The summed E-state index contributed by atoms with van der Waals surface area (Å²) in [7, 11) is 0. The molecule has 0 fully saturated rings. The summed E-state index contributed by atoms with van der Waals surface area (Å²) in [5.74, 6) is 2.93. The summed E-state index contributed by atoms with van der Waals surface area (Å²) in [4.78, 5) is 0. The predicted molar refractivity (Wildman–Crippen MR) is 67.9 cm³/mol. The minimum absolute atomic E-state index is 0.711. The fourth-order valence-corrected chi connectivity index (χ4v) is 2.02. The lowest BCUT2D eigenvalue weighted by molar-refractivity contribution is 0.344. The van der Waals surface area contributed by atoms with Crippen molar-refractivity contribution in [1.82, 2.24) is 0 Å². The van der Waals surface area contributed by atoms with Crippen molar-refractivity contribution in [2.75, 3.05) is 24.7 Å². The average Bonchev–Trinajstić information content (AvgIpc) is 2.23. The number of hydrogen-bond acceptors (Lipinski definition) is 3. The molecule has 0 radical (unpaired) electrons. The van der Waals surface area contributed by atoms with Gasteiger partial charge in [0.25, 0.3) is 0 Å². The lowest BCUT2D eigenvalue weighted by Crippen LogP contribution is -2.03. The second-order valence-corrected chi connectivity index (χ2v) is 4.72. The third-order valence-electron chi connectivity index (χ3n) is 1.79. The van der Waals surface area contributed by atoms with Crippen molar-refractivity contribution in [2.24, 2.45) is 5.73 Å². The smallest absolute Gasteiger partial charge is 0.120 e. The first-order chi connectivity index (χ1) is 7.33. The highest BCUT2D eigenvalue weighted by Gasteiger charge is 1.94. The van der Waals surface area contributed by atoms with E-state index in [4.69, 9.17) is 22.1 Å². The average molecular weight is 246 g/mol. The molecule has 0 bridgehead atoms. The van der Waals surface area contributed by atoms with Crippen molar-refractivity contribution in [3.63, 3.8) is 0 Å². The summed E-state index contributed by atoms with van der Waals surface area (Å²) in [6, 6.07) is 7.46. The summed E-state index contributed by atoms with van der Waals surface area (Å²) >= 11 is 7.69. The van der Waals surface area contributed by atoms with E-state index in [9.17, 15) is 0 Å². The van der Waals surface area contributed by atoms with E-state index in [0.29, 0.717) is 5.02 Å². The van der Waals surface area contributed by atoms with E-state index in [1.165, 1.54) is 0 Å². The Hall–Kier alpha value is -0.380. The van der Waals surface area contributed by atoms with E-state index in [-0.39, 0.29) is 0 Å². The molecule has 0 amide bonds. The summed E-state index contributed by atoms with van der Waals surface area (Å²) in [5.41, 5.74) is 5.39. The molecule has 0 aliphatic heterocycles. The maximum atomic E-state index is 5.83. The molecule has 4 heteroatoms. The lowest BCUT2D eigenvalue weighted by atomic mass is 10.3. The van der Waals surface area contributed by atoms with Crippen molar-refractivity contribution in [3.05, 3.63) is 29.3 Å². The minimum atomic E-state index is 0.711. The van der Waals surface area contributed by atoms with Crippen molar-refractivity contribution in [3.8, 4) is 5.75 Å². The zero-order chi connectivity index (χ0) is 10.9. The number of rotatable bonds is 7. The van der Waals surface area contributed by atoms with Crippen LogP contribution >= 0.6 is 23.4 Å². The largest absolute Gasteiger partial charge is 0.493 e. The lowest BCUT2D eigenvalue weighted by Gasteiger charge is -2.05. The van der Waals surface area contributed by atoms with Gasteiger partial charge in [0.15, 0.2) is 0 Å². The number of benzene rings is 1. The third-order valence-corrected chi connectivity index (χ3v) is 3.05. The van der Waals surface area contributed by atoms with Crippen LogP contribution in [0.15, 0.2) is 24.3 Å². The zero-order valence-electron chi connectivity index (χ0n) is 8.62. The van der Waals surface area contributed by atoms with Crippen LogP contribution in [-0.4, -0.2) is 24.7 Å². The predicted octanol–water partition coefficient (Wildman–Crippen LogP) is 2.80. The molecule has 0 saturated carbocycles. The third kappa shape index (κ3) is 5.92. The SMILES string of the molecule is NCCCSCCOc1cccc(Cl)c1. The van der Waals surface area contributed by atoms with Gasteiger partial charge in [-0.25, -0.2) is 0 Å². The number of hydrogen-bond donors (Lipinski definition) is 1.